The second kappa shape index (κ2) is 6.79. The lowest BCUT2D eigenvalue weighted by atomic mass is 9.90. The smallest absolute Gasteiger partial charge is 0.325 e. The number of aromatic nitrogens is 2. The molecule has 152 valence electrons. The first-order valence-electron chi connectivity index (χ1n) is 10.1. The first-order chi connectivity index (χ1) is 14.5. The number of imide groups is 1. The molecule has 0 spiro atoms. The maximum Gasteiger partial charge on any atom is 0.325 e. The molecule has 2 aliphatic rings. The van der Waals surface area contributed by atoms with E-state index in [1.54, 1.807) is 6.92 Å². The SMILES string of the molecule is Cc1ccccc1-c1noc(CN2C(=O)N[C@@](C)(c3ccc4c(c3)CCC4)C2=O)n1. The van der Waals surface area contributed by atoms with Gasteiger partial charge in [0.1, 0.15) is 12.1 Å². The quantitative estimate of drug-likeness (QED) is 0.675. The maximum atomic E-state index is 13.2. The largest absolute Gasteiger partial charge is 0.337 e. The summed E-state index contributed by atoms with van der Waals surface area (Å²) in [6.07, 6.45) is 3.20. The van der Waals surface area contributed by atoms with Gasteiger partial charge in [-0.1, -0.05) is 47.6 Å². The van der Waals surface area contributed by atoms with Crippen molar-refractivity contribution in [1.82, 2.24) is 20.4 Å². The Balaban J connectivity index is 1.40. The van der Waals surface area contributed by atoms with E-state index in [9.17, 15) is 9.59 Å². The summed E-state index contributed by atoms with van der Waals surface area (Å²) in [5, 5.41) is 6.87. The highest BCUT2D eigenvalue weighted by molar-refractivity contribution is 6.07. The van der Waals surface area contributed by atoms with E-state index >= 15 is 0 Å². The molecule has 1 N–H and O–H groups in total. The van der Waals surface area contributed by atoms with Crippen LogP contribution in [0.25, 0.3) is 11.4 Å². The highest BCUT2D eigenvalue weighted by Gasteiger charge is 2.49. The fourth-order valence-corrected chi connectivity index (χ4v) is 4.31. The maximum absolute atomic E-state index is 13.2. The molecule has 0 bridgehead atoms. The summed E-state index contributed by atoms with van der Waals surface area (Å²) < 4.78 is 5.33. The van der Waals surface area contributed by atoms with Gasteiger partial charge < -0.3 is 9.84 Å². The first-order valence-corrected chi connectivity index (χ1v) is 10.1. The number of amides is 3. The van der Waals surface area contributed by atoms with Crippen molar-refractivity contribution < 1.29 is 14.1 Å². The van der Waals surface area contributed by atoms with E-state index in [-0.39, 0.29) is 18.3 Å². The predicted molar refractivity (Wildman–Crippen MR) is 109 cm³/mol. The van der Waals surface area contributed by atoms with Crippen molar-refractivity contribution in [1.29, 1.82) is 0 Å². The lowest BCUT2D eigenvalue weighted by Gasteiger charge is -2.22. The van der Waals surface area contributed by atoms with E-state index in [0.29, 0.717) is 5.82 Å². The third kappa shape index (κ3) is 2.89. The number of carbonyl (C=O) groups is 2. The summed E-state index contributed by atoms with van der Waals surface area (Å²) in [7, 11) is 0. The fourth-order valence-electron chi connectivity index (χ4n) is 4.31. The van der Waals surface area contributed by atoms with Crippen molar-refractivity contribution in [3.05, 3.63) is 70.6 Å². The van der Waals surface area contributed by atoms with Crippen LogP contribution in [0.3, 0.4) is 0 Å². The van der Waals surface area contributed by atoms with Crippen LogP contribution in [-0.2, 0) is 29.7 Å². The van der Waals surface area contributed by atoms with Crippen molar-refractivity contribution in [3.8, 4) is 11.4 Å². The Morgan fingerprint density at radius 3 is 2.77 bits per heavy atom. The standard InChI is InChI=1S/C23H22N4O3/c1-14-6-3-4-9-18(14)20-24-19(30-26-20)13-27-21(28)23(2,25-22(27)29)17-11-10-15-7-5-8-16(15)12-17/h3-4,6,9-12H,5,7-8,13H2,1-2H3,(H,25,29)/t23-/m0/s1. The van der Waals surface area contributed by atoms with Crippen molar-refractivity contribution in [3.63, 3.8) is 0 Å². The van der Waals surface area contributed by atoms with Crippen LogP contribution in [0.15, 0.2) is 47.0 Å². The van der Waals surface area contributed by atoms with Crippen LogP contribution in [0.1, 0.15) is 41.5 Å². The summed E-state index contributed by atoms with van der Waals surface area (Å²) in [6, 6.07) is 13.3. The molecule has 1 atom stereocenters. The third-order valence-electron chi connectivity index (χ3n) is 6.10. The summed E-state index contributed by atoms with van der Waals surface area (Å²) in [6.45, 7) is 3.64. The Bertz CT molecular complexity index is 1170. The molecule has 1 saturated heterocycles. The highest BCUT2D eigenvalue weighted by Crippen LogP contribution is 2.33. The zero-order chi connectivity index (χ0) is 20.9. The summed E-state index contributed by atoms with van der Waals surface area (Å²) in [5.41, 5.74) is 4.15. The second-order valence-electron chi connectivity index (χ2n) is 8.11. The van der Waals surface area contributed by atoms with Crippen LogP contribution in [0, 0.1) is 6.92 Å². The highest BCUT2D eigenvalue weighted by atomic mass is 16.5. The van der Waals surface area contributed by atoms with Gasteiger partial charge in [0.2, 0.25) is 11.7 Å². The molecule has 7 nitrogen and oxygen atoms in total. The normalized spacial score (nSPS) is 20.5. The van der Waals surface area contributed by atoms with Crippen LogP contribution in [0.5, 0.6) is 0 Å². The summed E-state index contributed by atoms with van der Waals surface area (Å²) in [4.78, 5) is 31.4. The van der Waals surface area contributed by atoms with E-state index < -0.39 is 11.6 Å². The molecule has 0 saturated carbocycles. The molecule has 30 heavy (non-hydrogen) atoms. The molecule has 0 radical (unpaired) electrons. The number of urea groups is 1. The van der Waals surface area contributed by atoms with E-state index in [0.717, 1.165) is 40.9 Å². The van der Waals surface area contributed by atoms with Gasteiger partial charge in [-0.25, -0.2) is 4.79 Å². The molecule has 2 aromatic carbocycles. The molecule has 2 heterocycles. The van der Waals surface area contributed by atoms with Crippen molar-refractivity contribution in [2.45, 2.75) is 45.2 Å². The molecule has 1 fully saturated rings. The Labute approximate surface area is 174 Å². The number of nitrogens with one attached hydrogen (secondary N) is 1. The molecular formula is C23H22N4O3. The number of fused-ring (bicyclic) bond motifs is 1. The molecule has 7 heteroatoms. The first kappa shape index (κ1) is 18.5. The van der Waals surface area contributed by atoms with Crippen LogP contribution in [0.2, 0.25) is 0 Å². The van der Waals surface area contributed by atoms with Crippen LogP contribution >= 0.6 is 0 Å². The molecule has 1 aliphatic heterocycles. The molecule has 3 aromatic rings. The van der Waals surface area contributed by atoms with Gasteiger partial charge in [0.15, 0.2) is 0 Å². The molecule has 5 rings (SSSR count). The number of hydrogen-bond acceptors (Lipinski definition) is 5. The molecule has 3 amide bonds. The zero-order valence-corrected chi connectivity index (χ0v) is 16.9. The number of aryl methyl sites for hydroxylation is 3. The summed E-state index contributed by atoms with van der Waals surface area (Å²) >= 11 is 0. The van der Waals surface area contributed by atoms with E-state index in [2.05, 4.69) is 21.5 Å². The minimum atomic E-state index is -1.10. The number of carbonyl (C=O) groups excluding carboxylic acids is 2. The Morgan fingerprint density at radius 2 is 1.93 bits per heavy atom. The van der Waals surface area contributed by atoms with Crippen LogP contribution in [-0.4, -0.2) is 27.0 Å². The lowest BCUT2D eigenvalue weighted by molar-refractivity contribution is -0.131. The van der Waals surface area contributed by atoms with E-state index in [1.807, 2.05) is 43.3 Å². The van der Waals surface area contributed by atoms with Crippen molar-refractivity contribution in [2.24, 2.45) is 0 Å². The van der Waals surface area contributed by atoms with Gasteiger partial charge >= 0.3 is 6.03 Å². The van der Waals surface area contributed by atoms with E-state index in [1.165, 1.54) is 11.1 Å². The third-order valence-corrected chi connectivity index (χ3v) is 6.10. The fraction of sp³-hybridized carbons (Fsp3) is 0.304. The topological polar surface area (TPSA) is 88.3 Å². The van der Waals surface area contributed by atoms with Gasteiger partial charge in [0.25, 0.3) is 5.91 Å². The predicted octanol–water partition coefficient (Wildman–Crippen LogP) is 3.50. The number of nitrogens with zero attached hydrogens (tertiary/aromatic N) is 3. The number of benzene rings is 2. The molecule has 1 aliphatic carbocycles. The van der Waals surface area contributed by atoms with Gasteiger partial charge in [0.05, 0.1) is 0 Å². The van der Waals surface area contributed by atoms with E-state index in [4.69, 9.17) is 4.52 Å². The number of rotatable bonds is 4. The average molecular weight is 402 g/mol. The molecular weight excluding hydrogens is 380 g/mol. The Hall–Kier alpha value is -3.48. The monoisotopic (exact) mass is 402 g/mol. The minimum absolute atomic E-state index is 0.0654. The van der Waals surface area contributed by atoms with Crippen molar-refractivity contribution >= 4 is 11.9 Å². The zero-order valence-electron chi connectivity index (χ0n) is 16.9. The van der Waals surface area contributed by atoms with Gasteiger partial charge in [-0.2, -0.15) is 4.98 Å². The van der Waals surface area contributed by atoms with Gasteiger partial charge in [-0.3, -0.25) is 9.69 Å². The number of hydrogen-bond donors (Lipinski definition) is 1. The minimum Gasteiger partial charge on any atom is -0.337 e. The molecule has 0 unspecified atom stereocenters. The lowest BCUT2D eigenvalue weighted by Crippen LogP contribution is -2.41. The molecule has 1 aromatic heterocycles. The summed E-state index contributed by atoms with van der Waals surface area (Å²) in [5.74, 6) is 0.340. The average Bonchev–Trinajstić information content (AvgIpc) is 3.44. The van der Waals surface area contributed by atoms with Crippen LogP contribution < -0.4 is 5.32 Å². The van der Waals surface area contributed by atoms with Crippen LogP contribution in [0.4, 0.5) is 4.79 Å². The van der Waals surface area contributed by atoms with Gasteiger partial charge in [0, 0.05) is 5.56 Å². The Kier molecular flexibility index (Phi) is 4.20. The van der Waals surface area contributed by atoms with Gasteiger partial charge in [-0.05, 0) is 55.4 Å². The Morgan fingerprint density at radius 1 is 1.13 bits per heavy atom. The van der Waals surface area contributed by atoms with Crippen molar-refractivity contribution in [2.75, 3.05) is 0 Å². The van der Waals surface area contributed by atoms with Gasteiger partial charge in [-0.15, -0.1) is 0 Å². The second-order valence-corrected chi connectivity index (χ2v) is 8.11.